The Morgan fingerprint density at radius 1 is 1.03 bits per heavy atom. The number of carboxylic acids is 1. The molecule has 1 atom stereocenters. The molecule has 0 saturated heterocycles. The molecule has 0 aliphatic heterocycles. The molecular weight excluding hydrogens is 396 g/mol. The second kappa shape index (κ2) is 9.93. The van der Waals surface area contributed by atoms with Crippen molar-refractivity contribution in [3.8, 4) is 11.1 Å². The van der Waals surface area contributed by atoms with E-state index >= 15 is 0 Å². The highest BCUT2D eigenvalue weighted by Gasteiger charge is 2.30. The SMILES string of the molecule is CC(C)[C@H](NC(=O)OCC1c2ccccc2-c2ccccc21)C(=O)NC/C=C/C(=O)O. The van der Waals surface area contributed by atoms with E-state index in [0.29, 0.717) is 0 Å². The molecule has 0 fully saturated rings. The van der Waals surface area contributed by atoms with Crippen molar-refractivity contribution < 1.29 is 24.2 Å². The van der Waals surface area contributed by atoms with Crippen LogP contribution in [-0.4, -0.2) is 42.3 Å². The number of aliphatic carboxylic acids is 1. The molecule has 0 bridgehead atoms. The minimum atomic E-state index is -1.09. The van der Waals surface area contributed by atoms with Crippen LogP contribution in [0.3, 0.4) is 0 Å². The summed E-state index contributed by atoms with van der Waals surface area (Å²) in [4.78, 5) is 35.3. The minimum Gasteiger partial charge on any atom is -0.478 e. The molecule has 0 aromatic heterocycles. The van der Waals surface area contributed by atoms with Gasteiger partial charge in [-0.25, -0.2) is 9.59 Å². The van der Waals surface area contributed by atoms with Crippen LogP contribution in [0.25, 0.3) is 11.1 Å². The molecular formula is C24H26N2O5. The molecule has 0 saturated carbocycles. The molecule has 2 aromatic carbocycles. The maximum absolute atomic E-state index is 12.5. The van der Waals surface area contributed by atoms with Crippen molar-refractivity contribution in [2.24, 2.45) is 5.92 Å². The van der Waals surface area contributed by atoms with Gasteiger partial charge in [-0.3, -0.25) is 4.79 Å². The fraction of sp³-hybridized carbons (Fsp3) is 0.292. The summed E-state index contributed by atoms with van der Waals surface area (Å²) >= 11 is 0. The number of ether oxygens (including phenoxy) is 1. The summed E-state index contributed by atoms with van der Waals surface area (Å²) in [5, 5.41) is 13.8. The summed E-state index contributed by atoms with van der Waals surface area (Å²) in [6.45, 7) is 3.83. The Hall–Kier alpha value is -3.61. The number of benzene rings is 2. The van der Waals surface area contributed by atoms with Gasteiger partial charge in [0.2, 0.25) is 5.91 Å². The molecule has 7 nitrogen and oxygen atoms in total. The van der Waals surface area contributed by atoms with Gasteiger partial charge >= 0.3 is 12.1 Å². The maximum Gasteiger partial charge on any atom is 0.407 e. The second-order valence-corrected chi connectivity index (χ2v) is 7.68. The first-order chi connectivity index (χ1) is 14.9. The van der Waals surface area contributed by atoms with Crippen molar-refractivity contribution in [2.75, 3.05) is 13.2 Å². The van der Waals surface area contributed by atoms with E-state index in [1.165, 1.54) is 6.08 Å². The van der Waals surface area contributed by atoms with Gasteiger partial charge in [-0.15, -0.1) is 0 Å². The number of rotatable bonds is 8. The lowest BCUT2D eigenvalue weighted by atomic mass is 9.98. The van der Waals surface area contributed by atoms with Gasteiger partial charge in [0.05, 0.1) is 0 Å². The second-order valence-electron chi connectivity index (χ2n) is 7.68. The van der Waals surface area contributed by atoms with Crippen molar-refractivity contribution in [1.29, 1.82) is 0 Å². The largest absolute Gasteiger partial charge is 0.478 e. The first-order valence-electron chi connectivity index (χ1n) is 10.2. The van der Waals surface area contributed by atoms with Crippen LogP contribution in [0.2, 0.25) is 0 Å². The van der Waals surface area contributed by atoms with E-state index in [1.807, 2.05) is 36.4 Å². The summed E-state index contributed by atoms with van der Waals surface area (Å²) < 4.78 is 5.51. The van der Waals surface area contributed by atoms with Crippen molar-refractivity contribution in [3.63, 3.8) is 0 Å². The zero-order chi connectivity index (χ0) is 22.4. The normalized spacial score (nSPS) is 13.5. The fourth-order valence-corrected chi connectivity index (χ4v) is 3.73. The number of hydrogen-bond acceptors (Lipinski definition) is 4. The van der Waals surface area contributed by atoms with Crippen LogP contribution < -0.4 is 10.6 Å². The summed E-state index contributed by atoms with van der Waals surface area (Å²) in [5.41, 5.74) is 4.50. The predicted octanol–water partition coefficient (Wildman–Crippen LogP) is 3.31. The number of nitrogens with one attached hydrogen (secondary N) is 2. The molecule has 0 heterocycles. The molecule has 31 heavy (non-hydrogen) atoms. The summed E-state index contributed by atoms with van der Waals surface area (Å²) in [5.74, 6) is -1.74. The Labute approximate surface area is 181 Å². The molecule has 7 heteroatoms. The predicted molar refractivity (Wildman–Crippen MR) is 117 cm³/mol. The Bertz CT molecular complexity index is 953. The number of fused-ring (bicyclic) bond motifs is 3. The van der Waals surface area contributed by atoms with E-state index < -0.39 is 24.0 Å². The highest BCUT2D eigenvalue weighted by atomic mass is 16.5. The number of carbonyl (C=O) groups is 3. The molecule has 0 radical (unpaired) electrons. The van der Waals surface area contributed by atoms with Gasteiger partial charge in [-0.05, 0) is 28.2 Å². The molecule has 0 unspecified atom stereocenters. The standard InChI is InChI=1S/C24H26N2O5/c1-15(2)22(23(29)25-13-7-12-21(27)28)26-24(30)31-14-20-18-10-5-3-8-16(18)17-9-4-6-11-19(17)20/h3-12,15,20,22H,13-14H2,1-2H3,(H,25,29)(H,26,30)(H,27,28)/b12-7+/t22-/m0/s1. The van der Waals surface area contributed by atoms with Crippen LogP contribution in [0.15, 0.2) is 60.7 Å². The van der Waals surface area contributed by atoms with Gasteiger partial charge in [0.15, 0.2) is 0 Å². The van der Waals surface area contributed by atoms with Gasteiger partial charge in [0.25, 0.3) is 0 Å². The first-order valence-corrected chi connectivity index (χ1v) is 10.2. The minimum absolute atomic E-state index is 0.0563. The Morgan fingerprint density at radius 3 is 2.16 bits per heavy atom. The van der Waals surface area contributed by atoms with Crippen molar-refractivity contribution in [3.05, 3.63) is 71.8 Å². The van der Waals surface area contributed by atoms with E-state index in [-0.39, 0.29) is 25.0 Å². The number of carboxylic acid groups (broad SMARTS) is 1. The van der Waals surface area contributed by atoms with E-state index in [1.54, 1.807) is 13.8 Å². The number of carbonyl (C=O) groups excluding carboxylic acids is 2. The van der Waals surface area contributed by atoms with Crippen molar-refractivity contribution in [2.45, 2.75) is 25.8 Å². The van der Waals surface area contributed by atoms with Gasteiger partial charge in [0.1, 0.15) is 12.6 Å². The van der Waals surface area contributed by atoms with Crippen LogP contribution in [0.4, 0.5) is 4.79 Å². The lowest BCUT2D eigenvalue weighted by Gasteiger charge is -2.22. The van der Waals surface area contributed by atoms with Gasteiger partial charge in [0, 0.05) is 18.5 Å². The average Bonchev–Trinajstić information content (AvgIpc) is 3.07. The van der Waals surface area contributed by atoms with Crippen LogP contribution in [0.1, 0.15) is 30.9 Å². The summed E-state index contributed by atoms with van der Waals surface area (Å²) in [6.07, 6.45) is 1.60. The summed E-state index contributed by atoms with van der Waals surface area (Å²) in [7, 11) is 0. The van der Waals surface area contributed by atoms with Crippen molar-refractivity contribution in [1.82, 2.24) is 10.6 Å². The van der Waals surface area contributed by atoms with Gasteiger partial charge in [-0.1, -0.05) is 68.5 Å². The molecule has 1 aliphatic rings. The molecule has 3 N–H and O–H groups in total. The monoisotopic (exact) mass is 422 g/mol. The third-order valence-corrected chi connectivity index (χ3v) is 5.22. The first kappa shape index (κ1) is 22.1. The zero-order valence-electron chi connectivity index (χ0n) is 17.5. The topological polar surface area (TPSA) is 105 Å². The molecule has 2 aromatic rings. The quantitative estimate of drug-likeness (QED) is 0.566. The molecule has 3 rings (SSSR count). The van der Waals surface area contributed by atoms with Crippen LogP contribution in [-0.2, 0) is 14.3 Å². The number of amides is 2. The van der Waals surface area contributed by atoms with Crippen LogP contribution in [0.5, 0.6) is 0 Å². The highest BCUT2D eigenvalue weighted by Crippen LogP contribution is 2.44. The van der Waals surface area contributed by atoms with Gasteiger partial charge in [-0.2, -0.15) is 0 Å². The highest BCUT2D eigenvalue weighted by molar-refractivity contribution is 5.86. The smallest absolute Gasteiger partial charge is 0.407 e. The number of alkyl carbamates (subject to hydrolysis) is 1. The van der Waals surface area contributed by atoms with E-state index in [9.17, 15) is 14.4 Å². The fourth-order valence-electron chi connectivity index (χ4n) is 3.73. The lowest BCUT2D eigenvalue weighted by Crippen LogP contribution is -2.50. The average molecular weight is 422 g/mol. The third kappa shape index (κ3) is 5.31. The Balaban J connectivity index is 1.61. The van der Waals surface area contributed by atoms with E-state index in [2.05, 4.69) is 22.8 Å². The molecule has 2 amide bonds. The molecule has 1 aliphatic carbocycles. The van der Waals surface area contributed by atoms with Crippen LogP contribution >= 0.6 is 0 Å². The summed E-state index contributed by atoms with van der Waals surface area (Å²) in [6, 6.07) is 15.3. The third-order valence-electron chi connectivity index (χ3n) is 5.22. The van der Waals surface area contributed by atoms with Gasteiger partial charge < -0.3 is 20.5 Å². The van der Waals surface area contributed by atoms with Crippen molar-refractivity contribution >= 4 is 18.0 Å². The Kier molecular flexibility index (Phi) is 7.07. The molecule has 162 valence electrons. The lowest BCUT2D eigenvalue weighted by molar-refractivity contribution is -0.131. The number of hydrogen-bond donors (Lipinski definition) is 3. The Morgan fingerprint density at radius 2 is 1.61 bits per heavy atom. The van der Waals surface area contributed by atoms with E-state index in [0.717, 1.165) is 28.3 Å². The zero-order valence-corrected chi connectivity index (χ0v) is 17.5. The molecule has 0 spiro atoms. The van der Waals surface area contributed by atoms with E-state index in [4.69, 9.17) is 9.84 Å². The van der Waals surface area contributed by atoms with Crippen LogP contribution in [0, 0.1) is 5.92 Å². The maximum atomic E-state index is 12.5.